The van der Waals surface area contributed by atoms with Gasteiger partial charge in [0.1, 0.15) is 11.6 Å². The third-order valence-corrected chi connectivity index (χ3v) is 14.6. The van der Waals surface area contributed by atoms with Gasteiger partial charge in [-0.2, -0.15) is 0 Å². The third kappa shape index (κ3) is 9.67. The second kappa shape index (κ2) is 19.3. The second-order valence-electron chi connectivity index (χ2n) is 22.6. The first-order chi connectivity index (χ1) is 34.9. The van der Waals surface area contributed by atoms with Crippen molar-refractivity contribution >= 4 is 11.0 Å². The van der Waals surface area contributed by atoms with Gasteiger partial charge >= 0.3 is 0 Å². The van der Waals surface area contributed by atoms with Gasteiger partial charge in [0, 0.05) is 22.9 Å². The van der Waals surface area contributed by atoms with E-state index in [0.717, 1.165) is 89.2 Å². The topological polar surface area (TPSA) is 50.9 Å². The molecule has 1 N–H and O–H groups in total. The van der Waals surface area contributed by atoms with Crippen molar-refractivity contribution in [2.24, 2.45) is 0 Å². The molecule has 4 nitrogen and oxygen atoms in total. The van der Waals surface area contributed by atoms with Gasteiger partial charge in [0.05, 0.1) is 28.0 Å². The minimum Gasteiger partial charge on any atom is -0.507 e. The van der Waals surface area contributed by atoms with Crippen molar-refractivity contribution in [2.45, 2.75) is 98.8 Å². The van der Waals surface area contributed by atoms with Crippen LogP contribution in [0.3, 0.4) is 0 Å². The summed E-state index contributed by atoms with van der Waals surface area (Å²) in [6.45, 7) is 24.6. The van der Waals surface area contributed by atoms with E-state index in [-0.39, 0.29) is 28.4 Å². The highest BCUT2D eigenvalue weighted by Gasteiger charge is 2.27. The Kier molecular flexibility index (Phi) is 12.9. The number of phenols is 1. The van der Waals surface area contributed by atoms with Gasteiger partial charge in [-0.3, -0.25) is 9.55 Å². The van der Waals surface area contributed by atoms with E-state index in [1.165, 1.54) is 27.8 Å². The Hall–Kier alpha value is -7.82. The number of pyridine rings is 1. The molecule has 0 atom stereocenters. The molecule has 0 saturated carbocycles. The van der Waals surface area contributed by atoms with Crippen LogP contribution >= 0.6 is 0 Å². The smallest absolute Gasteiger partial charge is 0.149 e. The van der Waals surface area contributed by atoms with Crippen LogP contribution in [0.4, 0.5) is 0 Å². The second-order valence-corrected chi connectivity index (χ2v) is 22.6. The number of benzene rings is 8. The largest absolute Gasteiger partial charge is 0.507 e. The molecule has 8 aromatic carbocycles. The van der Waals surface area contributed by atoms with E-state index in [9.17, 15) is 5.11 Å². The molecule has 364 valence electrons. The lowest BCUT2D eigenvalue weighted by Crippen LogP contribution is -2.11. The Balaban J connectivity index is 1.23. The van der Waals surface area contributed by atoms with Gasteiger partial charge in [-0.1, -0.05) is 203 Å². The van der Waals surface area contributed by atoms with Gasteiger partial charge in [0.2, 0.25) is 0 Å². The van der Waals surface area contributed by atoms with Crippen LogP contribution in [0.15, 0.2) is 188 Å². The van der Waals surface area contributed by atoms with Gasteiger partial charge < -0.3 is 5.11 Å². The number of phenolic OH excluding ortho intramolecular Hbond substituents is 1. The van der Waals surface area contributed by atoms with E-state index in [2.05, 4.69) is 263 Å². The predicted molar refractivity (Wildman–Crippen MR) is 309 cm³/mol. The van der Waals surface area contributed by atoms with E-state index in [1.807, 2.05) is 6.20 Å². The molecule has 0 aliphatic heterocycles. The van der Waals surface area contributed by atoms with Gasteiger partial charge in [0.25, 0.3) is 0 Å². The maximum atomic E-state index is 12.6. The van der Waals surface area contributed by atoms with E-state index in [0.29, 0.717) is 5.82 Å². The van der Waals surface area contributed by atoms with Crippen LogP contribution in [0.5, 0.6) is 5.75 Å². The fraction of sp³-hybridized carbons (Fsp3) is 0.217. The normalized spacial score (nSPS) is 12.1. The molecule has 73 heavy (non-hydrogen) atoms. The summed E-state index contributed by atoms with van der Waals surface area (Å²) in [6.07, 6.45) is 1.93. The van der Waals surface area contributed by atoms with Crippen LogP contribution in [0.1, 0.15) is 109 Å². The van der Waals surface area contributed by atoms with Crippen molar-refractivity contribution < 1.29 is 5.11 Å². The van der Waals surface area contributed by atoms with Gasteiger partial charge in [-0.25, -0.2) is 4.98 Å². The Morgan fingerprint density at radius 1 is 0.452 bits per heavy atom. The lowest BCUT2D eigenvalue weighted by Gasteiger charge is -2.22. The molecular weight excluding hydrogens is 887 g/mol. The molecule has 10 rings (SSSR count). The minimum atomic E-state index is -0.169. The molecule has 0 spiro atoms. The Labute approximate surface area is 433 Å². The first-order valence-electron chi connectivity index (χ1n) is 25.9. The average Bonchev–Trinajstić information content (AvgIpc) is 3.78. The molecule has 2 aromatic heterocycles. The molecule has 0 aliphatic rings. The molecule has 0 saturated heterocycles. The number of nitrogens with zero attached hydrogens (tertiary/aromatic N) is 3. The van der Waals surface area contributed by atoms with Crippen LogP contribution < -0.4 is 0 Å². The van der Waals surface area contributed by atoms with Crippen LogP contribution in [-0.4, -0.2) is 19.6 Å². The molecule has 0 bridgehead atoms. The van der Waals surface area contributed by atoms with Crippen molar-refractivity contribution in [3.8, 4) is 89.7 Å². The summed E-state index contributed by atoms with van der Waals surface area (Å²) in [4.78, 5) is 10.8. The van der Waals surface area contributed by atoms with Crippen molar-refractivity contribution in [1.82, 2.24) is 14.5 Å². The maximum Gasteiger partial charge on any atom is 0.149 e. The first-order valence-corrected chi connectivity index (χ1v) is 25.9. The first kappa shape index (κ1) is 48.8. The van der Waals surface area contributed by atoms with Crippen molar-refractivity contribution in [3.63, 3.8) is 0 Å². The molecule has 4 heteroatoms. The lowest BCUT2D eigenvalue weighted by atomic mass is 9.83. The minimum absolute atomic E-state index is 0.00373. The van der Waals surface area contributed by atoms with E-state index >= 15 is 0 Å². The highest BCUT2D eigenvalue weighted by molar-refractivity contribution is 5.98. The zero-order valence-corrected chi connectivity index (χ0v) is 44.3. The van der Waals surface area contributed by atoms with Gasteiger partial charge in [-0.05, 0) is 150 Å². The Bertz CT molecular complexity index is 3620. The maximum absolute atomic E-state index is 12.6. The van der Waals surface area contributed by atoms with E-state index in [1.54, 1.807) is 0 Å². The number of imidazole rings is 1. The number of hydrogen-bond acceptors (Lipinski definition) is 3. The van der Waals surface area contributed by atoms with Crippen LogP contribution in [-0.2, 0) is 10.8 Å². The summed E-state index contributed by atoms with van der Waals surface area (Å²) < 4.78 is 2.32. The van der Waals surface area contributed by atoms with Gasteiger partial charge in [0.15, 0.2) is 0 Å². The van der Waals surface area contributed by atoms with Crippen molar-refractivity contribution in [3.05, 3.63) is 216 Å². The summed E-state index contributed by atoms with van der Waals surface area (Å²) in [7, 11) is 0. The standard InChI is InChI=1S/C69H67N3O/c1-43(2)52-39-58(44(3)4)66(73)61(40-52)67-71-65-57(53-36-54(38-56(37-53)69(9,10)11)62-41-51(33-34-70-62)48-27-25-47(26-28-48)46-19-14-12-15-20-46)23-18-24-63(65)72(67)64-42-59(49-21-16-13-17-22-49)45(5)35-60(64)50-29-31-55(32-30-50)68(6,7)8/h12-44,73H,1-11H3. The van der Waals surface area contributed by atoms with E-state index < -0.39 is 0 Å². The summed E-state index contributed by atoms with van der Waals surface area (Å²) in [5.41, 5.74) is 22.2. The number of aromatic nitrogens is 3. The zero-order chi connectivity index (χ0) is 51.3. The Morgan fingerprint density at radius 2 is 1.04 bits per heavy atom. The highest BCUT2D eigenvalue weighted by Crippen LogP contribution is 2.46. The third-order valence-electron chi connectivity index (χ3n) is 14.6. The molecule has 2 heterocycles. The molecule has 0 fully saturated rings. The van der Waals surface area contributed by atoms with Crippen LogP contribution in [0.2, 0.25) is 0 Å². The summed E-state index contributed by atoms with van der Waals surface area (Å²) in [5.74, 6) is 1.28. The van der Waals surface area contributed by atoms with E-state index in [4.69, 9.17) is 9.97 Å². The fourth-order valence-electron chi connectivity index (χ4n) is 10.2. The van der Waals surface area contributed by atoms with Crippen LogP contribution in [0.25, 0.3) is 95.0 Å². The monoisotopic (exact) mass is 954 g/mol. The number of para-hydroxylation sites is 1. The number of aryl methyl sites for hydroxylation is 1. The number of fused-ring (bicyclic) bond motifs is 1. The van der Waals surface area contributed by atoms with Crippen molar-refractivity contribution in [1.29, 1.82) is 0 Å². The number of hydrogen-bond donors (Lipinski definition) is 1. The highest BCUT2D eigenvalue weighted by atomic mass is 16.3. The summed E-state index contributed by atoms with van der Waals surface area (Å²) in [5, 5.41) is 12.6. The fourth-order valence-corrected chi connectivity index (χ4v) is 10.2. The molecular formula is C69H67N3O. The molecule has 0 radical (unpaired) electrons. The van der Waals surface area contributed by atoms with Crippen LogP contribution in [0, 0.1) is 6.92 Å². The number of aromatic hydroxyl groups is 1. The Morgan fingerprint density at radius 3 is 1.67 bits per heavy atom. The molecule has 0 amide bonds. The SMILES string of the molecule is Cc1cc(-c2ccc(C(C)(C)C)cc2)c(-n2c(-c3cc(C(C)C)cc(C(C)C)c3O)nc3c(-c4cc(-c5cc(-c6ccc(-c7ccccc7)cc6)ccn5)cc(C(C)(C)C)c4)cccc32)cc1-c1ccccc1. The molecule has 0 unspecified atom stereocenters. The zero-order valence-electron chi connectivity index (χ0n) is 44.3. The summed E-state index contributed by atoms with van der Waals surface area (Å²) in [6, 6.07) is 65.8. The number of rotatable bonds is 10. The van der Waals surface area contributed by atoms with Crippen molar-refractivity contribution in [2.75, 3.05) is 0 Å². The summed E-state index contributed by atoms with van der Waals surface area (Å²) >= 11 is 0. The average molecular weight is 954 g/mol. The predicted octanol–water partition coefficient (Wildman–Crippen LogP) is 18.9. The quantitative estimate of drug-likeness (QED) is 0.149. The lowest BCUT2D eigenvalue weighted by molar-refractivity contribution is 0.466. The molecule has 0 aliphatic carbocycles. The van der Waals surface area contributed by atoms with Gasteiger partial charge in [-0.15, -0.1) is 0 Å². The molecule has 10 aromatic rings.